The number of nitrogens with zero attached hydrogens (tertiary/aromatic N) is 2. The Morgan fingerprint density at radius 3 is 2.41 bits per heavy atom. The number of carbonyl (C=O) groups is 1. The van der Waals surface area contributed by atoms with E-state index >= 15 is 0 Å². The van der Waals surface area contributed by atoms with Gasteiger partial charge in [0.15, 0.2) is 0 Å². The molecule has 6 nitrogen and oxygen atoms in total. The summed E-state index contributed by atoms with van der Waals surface area (Å²) in [4.78, 5) is 22.9. The number of ketones is 1. The van der Waals surface area contributed by atoms with Crippen molar-refractivity contribution in [2.75, 3.05) is 0 Å². The first-order valence-electron chi connectivity index (χ1n) is 7.79. The lowest BCUT2D eigenvalue weighted by Gasteiger charge is -2.14. The zero-order valence-electron chi connectivity index (χ0n) is 14.4. The van der Waals surface area contributed by atoms with Crippen LogP contribution in [0.25, 0.3) is 6.08 Å². The van der Waals surface area contributed by atoms with Crippen LogP contribution in [-0.2, 0) is 0 Å². The molecule has 27 heavy (non-hydrogen) atoms. The summed E-state index contributed by atoms with van der Waals surface area (Å²) in [7, 11) is 0. The van der Waals surface area contributed by atoms with Crippen LogP contribution in [0.4, 0.5) is 5.69 Å². The number of rotatable bonds is 6. The Balaban J connectivity index is 2.41. The molecule has 2 aromatic rings. The minimum atomic E-state index is -0.579. The zero-order valence-corrected chi connectivity index (χ0v) is 18.7. The van der Waals surface area contributed by atoms with E-state index in [-0.39, 0.29) is 22.9 Å². The van der Waals surface area contributed by atoms with E-state index in [2.05, 4.69) is 45.2 Å². The van der Waals surface area contributed by atoms with Gasteiger partial charge in [-0.2, -0.15) is 5.26 Å². The van der Waals surface area contributed by atoms with Gasteiger partial charge in [0, 0.05) is 17.7 Å². The number of ether oxygens (including phenoxy) is 1. The lowest BCUT2D eigenvalue weighted by molar-refractivity contribution is -0.384. The Labute approximate surface area is 183 Å². The highest BCUT2D eigenvalue weighted by Gasteiger charge is 2.17. The largest absolute Gasteiger partial charge is 0.489 e. The van der Waals surface area contributed by atoms with Crippen LogP contribution in [0.3, 0.4) is 0 Å². The quantitative estimate of drug-likeness (QED) is 0.113. The van der Waals surface area contributed by atoms with Crippen molar-refractivity contribution in [2.45, 2.75) is 20.0 Å². The number of nitro benzene ring substituents is 1. The molecule has 0 saturated carbocycles. The van der Waals surface area contributed by atoms with Crippen LogP contribution in [0, 0.1) is 28.6 Å². The van der Waals surface area contributed by atoms with Gasteiger partial charge in [-0.1, -0.05) is 12.1 Å². The molecule has 8 heteroatoms. The molecule has 0 spiro atoms. The Hall–Kier alpha value is -2.00. The normalized spacial score (nSPS) is 11.2. The summed E-state index contributed by atoms with van der Waals surface area (Å²) in [5.74, 6) is 0.195. The molecule has 0 atom stereocenters. The van der Waals surface area contributed by atoms with Crippen molar-refractivity contribution >= 4 is 62.7 Å². The highest BCUT2D eigenvalue weighted by Crippen LogP contribution is 2.31. The van der Waals surface area contributed by atoms with Gasteiger partial charge in [0.1, 0.15) is 17.4 Å². The van der Waals surface area contributed by atoms with E-state index in [9.17, 15) is 20.2 Å². The fourth-order valence-corrected chi connectivity index (χ4v) is 4.31. The maximum atomic E-state index is 12.6. The number of allylic oxidation sites excluding steroid dienone is 1. The monoisotopic (exact) mass is 588 g/mol. The van der Waals surface area contributed by atoms with Crippen LogP contribution >= 0.6 is 45.2 Å². The standard InChI is InChI=1S/C19H14I2N2O4/c1-11(2)27-19-16(20)7-12(8-17(19)21)6-14(10-22)18(24)13-4-3-5-15(9-13)23(25)26/h3-9,11H,1-2H3/b14-6+. The number of Topliss-reactive ketones (excluding diaryl/α,β-unsaturated/α-hetero) is 1. The molecular weight excluding hydrogens is 574 g/mol. The molecular formula is C19H14I2N2O4. The van der Waals surface area contributed by atoms with E-state index in [1.165, 1.54) is 30.3 Å². The third-order valence-corrected chi connectivity index (χ3v) is 4.97. The lowest BCUT2D eigenvalue weighted by Crippen LogP contribution is -2.08. The van der Waals surface area contributed by atoms with Crippen LogP contribution in [0.15, 0.2) is 42.0 Å². The van der Waals surface area contributed by atoms with E-state index in [0.29, 0.717) is 5.56 Å². The highest BCUT2D eigenvalue weighted by atomic mass is 127. The van der Waals surface area contributed by atoms with Gasteiger partial charge in [-0.15, -0.1) is 0 Å². The average molecular weight is 588 g/mol. The number of non-ortho nitro benzene ring substituents is 1. The summed E-state index contributed by atoms with van der Waals surface area (Å²) in [5, 5.41) is 20.3. The Morgan fingerprint density at radius 1 is 1.26 bits per heavy atom. The fraction of sp³-hybridized carbons (Fsp3) is 0.158. The maximum absolute atomic E-state index is 12.6. The molecule has 0 aliphatic carbocycles. The van der Waals surface area contributed by atoms with Crippen LogP contribution in [0.5, 0.6) is 5.75 Å². The summed E-state index contributed by atoms with van der Waals surface area (Å²) in [6.07, 6.45) is 1.50. The third-order valence-electron chi connectivity index (χ3n) is 3.37. The number of halogens is 2. The van der Waals surface area contributed by atoms with Crippen molar-refractivity contribution in [3.8, 4) is 11.8 Å². The number of carbonyl (C=O) groups excluding carboxylic acids is 1. The molecule has 0 fully saturated rings. The Kier molecular flexibility index (Phi) is 7.32. The van der Waals surface area contributed by atoms with Crippen LogP contribution in [-0.4, -0.2) is 16.8 Å². The number of hydrogen-bond donors (Lipinski definition) is 0. The van der Waals surface area contributed by atoms with Gasteiger partial charge < -0.3 is 4.74 Å². The molecule has 0 N–H and O–H groups in total. The van der Waals surface area contributed by atoms with E-state index in [1.54, 1.807) is 0 Å². The smallest absolute Gasteiger partial charge is 0.270 e. The predicted octanol–water partition coefficient (Wildman–Crippen LogP) is 5.38. The Morgan fingerprint density at radius 2 is 1.89 bits per heavy atom. The van der Waals surface area contributed by atoms with Crippen LogP contribution in [0.1, 0.15) is 29.8 Å². The molecule has 0 aliphatic rings. The van der Waals surface area contributed by atoms with Gasteiger partial charge in [0.25, 0.3) is 5.69 Å². The first-order chi connectivity index (χ1) is 12.7. The second kappa shape index (κ2) is 9.27. The third kappa shape index (κ3) is 5.49. The van der Waals surface area contributed by atoms with E-state index < -0.39 is 10.7 Å². The summed E-state index contributed by atoms with van der Waals surface area (Å²) in [6.45, 7) is 3.87. The van der Waals surface area contributed by atoms with E-state index in [1.807, 2.05) is 32.0 Å². The summed E-state index contributed by atoms with van der Waals surface area (Å²) in [6, 6.07) is 10.9. The molecule has 0 radical (unpaired) electrons. The number of nitriles is 1. The molecule has 0 bridgehead atoms. The van der Waals surface area contributed by atoms with Crippen molar-refractivity contribution in [3.05, 3.63) is 70.4 Å². The minimum Gasteiger partial charge on any atom is -0.489 e. The lowest BCUT2D eigenvalue weighted by atomic mass is 10.0. The SMILES string of the molecule is CC(C)Oc1c(I)cc(/C=C(\C#N)C(=O)c2cccc([N+](=O)[O-])c2)cc1I. The predicted molar refractivity (Wildman–Crippen MR) is 119 cm³/mol. The maximum Gasteiger partial charge on any atom is 0.270 e. The zero-order chi connectivity index (χ0) is 20.1. The van der Waals surface area contributed by atoms with Crippen molar-refractivity contribution in [3.63, 3.8) is 0 Å². The topological polar surface area (TPSA) is 93.2 Å². The van der Waals surface area contributed by atoms with Gasteiger partial charge in [-0.25, -0.2) is 0 Å². The molecule has 0 heterocycles. The number of nitro groups is 1. The van der Waals surface area contributed by atoms with Gasteiger partial charge in [-0.3, -0.25) is 14.9 Å². The van der Waals surface area contributed by atoms with Crippen LogP contribution < -0.4 is 4.74 Å². The second-order valence-electron chi connectivity index (χ2n) is 5.79. The molecule has 0 unspecified atom stereocenters. The van der Waals surface area contributed by atoms with Crippen molar-refractivity contribution < 1.29 is 14.5 Å². The fourth-order valence-electron chi connectivity index (χ4n) is 2.24. The highest BCUT2D eigenvalue weighted by molar-refractivity contribution is 14.1. The van der Waals surface area contributed by atoms with Gasteiger partial charge in [0.2, 0.25) is 5.78 Å². The van der Waals surface area contributed by atoms with Crippen molar-refractivity contribution in [1.29, 1.82) is 5.26 Å². The Bertz CT molecular complexity index is 955. The summed E-state index contributed by atoms with van der Waals surface area (Å²) in [5.41, 5.74) is 0.480. The molecule has 138 valence electrons. The number of benzene rings is 2. The molecule has 0 saturated heterocycles. The number of hydrogen-bond acceptors (Lipinski definition) is 5. The first kappa shape index (κ1) is 21.3. The van der Waals surface area contributed by atoms with Crippen molar-refractivity contribution in [2.24, 2.45) is 0 Å². The molecule has 2 rings (SSSR count). The summed E-state index contributed by atoms with van der Waals surface area (Å²) < 4.78 is 7.50. The molecule has 0 aromatic heterocycles. The minimum absolute atomic E-state index is 0.0264. The molecule has 2 aromatic carbocycles. The van der Waals surface area contributed by atoms with Crippen LogP contribution in [0.2, 0.25) is 0 Å². The van der Waals surface area contributed by atoms with Gasteiger partial charge in [-0.05, 0) is 82.8 Å². The second-order valence-corrected chi connectivity index (χ2v) is 8.11. The van der Waals surface area contributed by atoms with Gasteiger partial charge >= 0.3 is 0 Å². The average Bonchev–Trinajstić information content (AvgIpc) is 2.62. The van der Waals surface area contributed by atoms with Gasteiger partial charge in [0.05, 0.1) is 18.2 Å². The first-order valence-corrected chi connectivity index (χ1v) is 9.95. The van der Waals surface area contributed by atoms with Crippen molar-refractivity contribution in [1.82, 2.24) is 0 Å². The summed E-state index contributed by atoms with van der Waals surface area (Å²) >= 11 is 4.28. The van der Waals surface area contributed by atoms with E-state index in [0.717, 1.165) is 12.9 Å². The molecule has 0 aliphatic heterocycles. The molecule has 0 amide bonds. The van der Waals surface area contributed by atoms with E-state index in [4.69, 9.17) is 4.74 Å².